The van der Waals surface area contributed by atoms with Gasteiger partial charge in [-0.1, -0.05) is 23.2 Å². The highest BCUT2D eigenvalue weighted by Crippen LogP contribution is 2.17. The quantitative estimate of drug-likeness (QED) is 0.669. The molecule has 0 aliphatic rings. The summed E-state index contributed by atoms with van der Waals surface area (Å²) in [7, 11) is 0. The van der Waals surface area contributed by atoms with Crippen LogP contribution in [0.15, 0.2) is 59.5 Å². The topological polar surface area (TPSA) is 81.1 Å². The van der Waals surface area contributed by atoms with Crippen LogP contribution in [0.2, 0.25) is 10.0 Å². The number of hydrogen-bond acceptors (Lipinski definition) is 4. The van der Waals surface area contributed by atoms with Gasteiger partial charge in [0.15, 0.2) is 5.78 Å². The van der Waals surface area contributed by atoms with Crippen molar-refractivity contribution in [2.75, 3.05) is 5.32 Å². The fourth-order valence-electron chi connectivity index (χ4n) is 2.34. The Bertz CT molecular complexity index is 1070. The average molecular weight is 402 g/mol. The van der Waals surface area contributed by atoms with Crippen molar-refractivity contribution < 1.29 is 9.59 Å². The number of rotatable bonds is 4. The molecule has 8 heteroatoms. The highest BCUT2D eigenvalue weighted by molar-refractivity contribution is 6.41. The predicted octanol–water partition coefficient (Wildman–Crippen LogP) is 3.99. The van der Waals surface area contributed by atoms with Gasteiger partial charge in [0, 0.05) is 16.8 Å². The van der Waals surface area contributed by atoms with Crippen molar-refractivity contribution in [2.24, 2.45) is 0 Å². The standard InChI is InChI=1S/C19H13Cl2N3O3/c1-11(25)12-2-6-14(7-3-12)23-18(26)13-4-8-15(9-5-13)24-19(27)17(21)16(20)10-22-24/h2-10H,1H3,(H,23,26). The van der Waals surface area contributed by atoms with Crippen LogP contribution in [0, 0.1) is 0 Å². The van der Waals surface area contributed by atoms with Crippen LogP contribution in [0.5, 0.6) is 0 Å². The van der Waals surface area contributed by atoms with Gasteiger partial charge in [0.05, 0.1) is 16.9 Å². The van der Waals surface area contributed by atoms with E-state index in [2.05, 4.69) is 10.4 Å². The Morgan fingerprint density at radius 1 is 0.963 bits per heavy atom. The Labute approximate surface area is 164 Å². The summed E-state index contributed by atoms with van der Waals surface area (Å²) in [5.41, 5.74) is 1.42. The van der Waals surface area contributed by atoms with E-state index in [1.165, 1.54) is 13.1 Å². The molecule has 6 nitrogen and oxygen atoms in total. The third-order valence-electron chi connectivity index (χ3n) is 3.80. The number of hydrogen-bond donors (Lipinski definition) is 1. The monoisotopic (exact) mass is 401 g/mol. The zero-order chi connectivity index (χ0) is 19.6. The second-order valence-electron chi connectivity index (χ2n) is 5.66. The van der Waals surface area contributed by atoms with Crippen LogP contribution in [0.4, 0.5) is 5.69 Å². The molecule has 136 valence electrons. The van der Waals surface area contributed by atoms with Gasteiger partial charge in [0.2, 0.25) is 0 Å². The summed E-state index contributed by atoms with van der Waals surface area (Å²) in [6.45, 7) is 1.48. The molecule has 0 aliphatic heterocycles. The van der Waals surface area contributed by atoms with Gasteiger partial charge in [-0.05, 0) is 55.5 Å². The predicted molar refractivity (Wildman–Crippen MR) is 104 cm³/mol. The van der Waals surface area contributed by atoms with Crippen LogP contribution < -0.4 is 10.9 Å². The molecule has 0 bridgehead atoms. The number of aromatic nitrogens is 2. The Morgan fingerprint density at radius 2 is 1.56 bits per heavy atom. The number of nitrogens with zero attached hydrogens (tertiary/aromatic N) is 2. The largest absolute Gasteiger partial charge is 0.322 e. The number of carbonyl (C=O) groups is 2. The maximum Gasteiger partial charge on any atom is 0.291 e. The van der Waals surface area contributed by atoms with Crippen LogP contribution in [0.1, 0.15) is 27.6 Å². The molecule has 3 aromatic rings. The van der Waals surface area contributed by atoms with E-state index < -0.39 is 5.56 Å². The molecule has 0 fully saturated rings. The lowest BCUT2D eigenvalue weighted by Gasteiger charge is -2.08. The Balaban J connectivity index is 1.79. The van der Waals surface area contributed by atoms with Gasteiger partial charge in [-0.15, -0.1) is 0 Å². The molecule has 1 amide bonds. The summed E-state index contributed by atoms with van der Waals surface area (Å²) in [5.74, 6) is -0.374. The fourth-order valence-corrected chi connectivity index (χ4v) is 2.60. The SMILES string of the molecule is CC(=O)c1ccc(NC(=O)c2ccc(-n3ncc(Cl)c(Cl)c3=O)cc2)cc1. The van der Waals surface area contributed by atoms with Gasteiger partial charge < -0.3 is 5.32 Å². The number of halogens is 2. The summed E-state index contributed by atoms with van der Waals surface area (Å²) in [5, 5.41) is 6.62. The van der Waals surface area contributed by atoms with E-state index in [0.717, 1.165) is 4.68 Å². The first-order valence-corrected chi connectivity index (χ1v) is 8.58. The van der Waals surface area contributed by atoms with Crippen molar-refractivity contribution in [3.05, 3.63) is 86.3 Å². The Hall–Kier alpha value is -2.96. The second-order valence-corrected chi connectivity index (χ2v) is 6.44. The number of nitrogens with one attached hydrogen (secondary N) is 1. The first kappa shape index (κ1) is 18.8. The van der Waals surface area contributed by atoms with Gasteiger partial charge in [-0.25, -0.2) is 0 Å². The number of amides is 1. The lowest BCUT2D eigenvalue weighted by atomic mass is 10.1. The third-order valence-corrected chi connectivity index (χ3v) is 4.55. The molecule has 0 saturated carbocycles. The van der Waals surface area contributed by atoms with Gasteiger partial charge in [-0.3, -0.25) is 14.4 Å². The molecule has 0 aliphatic carbocycles. The lowest BCUT2D eigenvalue weighted by molar-refractivity contribution is 0.101. The minimum atomic E-state index is -0.549. The summed E-state index contributed by atoms with van der Waals surface area (Å²) < 4.78 is 1.09. The van der Waals surface area contributed by atoms with Crippen molar-refractivity contribution in [2.45, 2.75) is 6.92 Å². The average Bonchev–Trinajstić information content (AvgIpc) is 2.67. The van der Waals surface area contributed by atoms with Gasteiger partial charge in [0.1, 0.15) is 5.02 Å². The normalized spacial score (nSPS) is 10.5. The fraction of sp³-hybridized carbons (Fsp3) is 0.0526. The first-order valence-electron chi connectivity index (χ1n) is 7.83. The van der Waals surface area contributed by atoms with E-state index in [-0.39, 0.29) is 21.7 Å². The first-order chi connectivity index (χ1) is 12.9. The van der Waals surface area contributed by atoms with E-state index in [0.29, 0.717) is 22.5 Å². The van der Waals surface area contributed by atoms with E-state index >= 15 is 0 Å². The molecule has 3 rings (SSSR count). The van der Waals surface area contributed by atoms with Crippen molar-refractivity contribution in [3.8, 4) is 5.69 Å². The number of carbonyl (C=O) groups excluding carboxylic acids is 2. The van der Waals surface area contributed by atoms with E-state index in [4.69, 9.17) is 23.2 Å². The van der Waals surface area contributed by atoms with Crippen molar-refractivity contribution in [3.63, 3.8) is 0 Å². The van der Waals surface area contributed by atoms with Crippen LogP contribution in [-0.4, -0.2) is 21.5 Å². The molecular weight excluding hydrogens is 389 g/mol. The highest BCUT2D eigenvalue weighted by Gasteiger charge is 2.11. The number of benzene rings is 2. The molecule has 0 saturated heterocycles. The molecule has 1 aromatic heterocycles. The summed E-state index contributed by atoms with van der Waals surface area (Å²) in [6.07, 6.45) is 1.27. The molecular formula is C19H13Cl2N3O3. The minimum absolute atomic E-state index is 0.0466. The summed E-state index contributed by atoms with van der Waals surface area (Å²) in [4.78, 5) is 35.7. The van der Waals surface area contributed by atoms with Gasteiger partial charge in [0.25, 0.3) is 11.5 Å². The summed E-state index contributed by atoms with van der Waals surface area (Å²) >= 11 is 11.6. The lowest BCUT2D eigenvalue weighted by Crippen LogP contribution is -2.21. The third kappa shape index (κ3) is 4.07. The van der Waals surface area contributed by atoms with Crippen LogP contribution in [0.25, 0.3) is 5.69 Å². The van der Waals surface area contributed by atoms with E-state index in [1.54, 1.807) is 48.5 Å². The zero-order valence-electron chi connectivity index (χ0n) is 14.1. The highest BCUT2D eigenvalue weighted by atomic mass is 35.5. The van der Waals surface area contributed by atoms with Gasteiger partial charge in [-0.2, -0.15) is 9.78 Å². The number of ketones is 1. The van der Waals surface area contributed by atoms with Crippen molar-refractivity contribution in [1.29, 1.82) is 0 Å². The maximum atomic E-state index is 12.3. The van der Waals surface area contributed by atoms with Crippen molar-refractivity contribution in [1.82, 2.24) is 9.78 Å². The number of anilines is 1. The smallest absolute Gasteiger partial charge is 0.291 e. The van der Waals surface area contributed by atoms with Crippen LogP contribution in [0.3, 0.4) is 0 Å². The molecule has 1 N–H and O–H groups in total. The van der Waals surface area contributed by atoms with Crippen molar-refractivity contribution >= 4 is 40.6 Å². The Kier molecular flexibility index (Phi) is 5.39. The van der Waals surface area contributed by atoms with Gasteiger partial charge >= 0.3 is 0 Å². The Morgan fingerprint density at radius 3 is 2.15 bits per heavy atom. The minimum Gasteiger partial charge on any atom is -0.322 e. The molecule has 1 heterocycles. The molecule has 27 heavy (non-hydrogen) atoms. The maximum absolute atomic E-state index is 12.3. The van der Waals surface area contributed by atoms with E-state index in [1.807, 2.05) is 0 Å². The molecule has 0 radical (unpaired) electrons. The molecule has 0 unspecified atom stereocenters. The number of Topliss-reactive ketones (excluding diaryl/α,β-unsaturated/α-hetero) is 1. The van der Waals surface area contributed by atoms with Crippen LogP contribution >= 0.6 is 23.2 Å². The molecule has 0 atom stereocenters. The summed E-state index contributed by atoms with van der Waals surface area (Å²) in [6, 6.07) is 12.9. The zero-order valence-corrected chi connectivity index (χ0v) is 15.6. The van der Waals surface area contributed by atoms with Crippen LogP contribution in [-0.2, 0) is 0 Å². The molecule has 0 spiro atoms. The van der Waals surface area contributed by atoms with E-state index in [9.17, 15) is 14.4 Å². The second kappa shape index (κ2) is 7.73. The molecule has 2 aromatic carbocycles.